The summed E-state index contributed by atoms with van der Waals surface area (Å²) in [5, 5.41) is 0. The van der Waals surface area contributed by atoms with Gasteiger partial charge in [-0.15, -0.1) is 0 Å². The topological polar surface area (TPSA) is 30.9 Å². The van der Waals surface area contributed by atoms with E-state index in [0.717, 1.165) is 37.6 Å². The summed E-state index contributed by atoms with van der Waals surface area (Å²) in [6.07, 6.45) is 0.834. The van der Waals surface area contributed by atoms with Gasteiger partial charge in [-0.1, -0.05) is 12.1 Å². The molecule has 1 aromatic rings. The Balaban J connectivity index is 2.10. The third kappa shape index (κ3) is 3.85. The third-order valence-electron chi connectivity index (χ3n) is 3.11. The minimum atomic E-state index is -0.179. The van der Waals surface area contributed by atoms with Crippen molar-refractivity contribution in [3.8, 4) is 5.75 Å². The minimum absolute atomic E-state index is 0.179. The molecule has 0 saturated carbocycles. The van der Waals surface area contributed by atoms with Crippen LogP contribution in [0.15, 0.2) is 24.3 Å². The van der Waals surface area contributed by atoms with Crippen LogP contribution in [0.5, 0.6) is 5.75 Å². The number of nitrogens with zero attached hydrogens (tertiary/aromatic N) is 1. The van der Waals surface area contributed by atoms with Gasteiger partial charge in [-0.3, -0.25) is 0 Å². The Morgan fingerprint density at radius 3 is 2.68 bits per heavy atom. The summed E-state index contributed by atoms with van der Waals surface area (Å²) in [7, 11) is 0. The summed E-state index contributed by atoms with van der Waals surface area (Å²) in [6.45, 7) is 7.78. The lowest BCUT2D eigenvalue weighted by Gasteiger charge is -2.28. The average molecular weight is 265 g/mol. The van der Waals surface area contributed by atoms with E-state index in [4.69, 9.17) is 14.2 Å². The Kier molecular flexibility index (Phi) is 5.48. The third-order valence-corrected chi connectivity index (χ3v) is 3.11. The highest BCUT2D eigenvalue weighted by molar-refractivity contribution is 5.58. The van der Waals surface area contributed by atoms with Crippen molar-refractivity contribution in [3.63, 3.8) is 0 Å². The largest absolute Gasteiger partial charge is 0.491 e. The van der Waals surface area contributed by atoms with Gasteiger partial charge in [-0.2, -0.15) is 0 Å². The van der Waals surface area contributed by atoms with Crippen molar-refractivity contribution in [2.24, 2.45) is 0 Å². The first-order chi connectivity index (χ1) is 9.35. The fourth-order valence-electron chi connectivity index (χ4n) is 2.29. The van der Waals surface area contributed by atoms with E-state index >= 15 is 0 Å². The van der Waals surface area contributed by atoms with Crippen LogP contribution in [0.3, 0.4) is 0 Å². The molecule has 2 rings (SSSR count). The predicted octanol–water partition coefficient (Wildman–Crippen LogP) is 2.67. The van der Waals surface area contributed by atoms with E-state index in [-0.39, 0.29) is 6.29 Å². The molecular formula is C15H23NO3. The predicted molar refractivity (Wildman–Crippen MR) is 75.8 cm³/mol. The van der Waals surface area contributed by atoms with Crippen LogP contribution in [0.25, 0.3) is 0 Å². The van der Waals surface area contributed by atoms with Gasteiger partial charge in [0.25, 0.3) is 0 Å². The maximum absolute atomic E-state index is 5.76. The van der Waals surface area contributed by atoms with Crippen molar-refractivity contribution in [1.29, 1.82) is 0 Å². The summed E-state index contributed by atoms with van der Waals surface area (Å²) in [5.74, 6) is 0.951. The van der Waals surface area contributed by atoms with E-state index in [1.165, 1.54) is 0 Å². The van der Waals surface area contributed by atoms with E-state index in [1.807, 2.05) is 32.0 Å². The minimum Gasteiger partial charge on any atom is -0.491 e. The molecule has 0 aromatic heterocycles. The Bertz CT molecular complexity index is 377. The zero-order valence-corrected chi connectivity index (χ0v) is 11.8. The van der Waals surface area contributed by atoms with Crippen molar-refractivity contribution < 1.29 is 14.2 Å². The molecule has 0 fully saturated rings. The first kappa shape index (κ1) is 14.2. The number of para-hydroxylation sites is 2. The lowest BCUT2D eigenvalue weighted by Crippen LogP contribution is -2.36. The molecule has 0 spiro atoms. The number of ether oxygens (including phenoxy) is 3. The SMILES string of the molecule is CCOC(CN1CCCOc2ccccc21)OCC. The number of rotatable bonds is 6. The van der Waals surface area contributed by atoms with Gasteiger partial charge in [0.05, 0.1) is 18.8 Å². The molecule has 0 aliphatic carbocycles. The second kappa shape index (κ2) is 7.36. The number of hydrogen-bond donors (Lipinski definition) is 0. The summed E-state index contributed by atoms with van der Waals surface area (Å²) < 4.78 is 17.0. The van der Waals surface area contributed by atoms with E-state index in [0.29, 0.717) is 13.2 Å². The Hall–Kier alpha value is -1.26. The molecule has 0 unspecified atom stereocenters. The fraction of sp³-hybridized carbons (Fsp3) is 0.600. The first-order valence-electron chi connectivity index (χ1n) is 7.05. The molecule has 1 aliphatic heterocycles. The molecule has 106 valence electrons. The van der Waals surface area contributed by atoms with Crippen LogP contribution in [-0.2, 0) is 9.47 Å². The molecule has 19 heavy (non-hydrogen) atoms. The number of benzene rings is 1. The smallest absolute Gasteiger partial charge is 0.174 e. The van der Waals surface area contributed by atoms with Crippen molar-refractivity contribution >= 4 is 5.69 Å². The molecule has 1 aromatic carbocycles. The van der Waals surface area contributed by atoms with Crippen molar-refractivity contribution in [3.05, 3.63) is 24.3 Å². The van der Waals surface area contributed by atoms with Crippen LogP contribution in [-0.4, -0.2) is 39.2 Å². The Morgan fingerprint density at radius 1 is 1.21 bits per heavy atom. The van der Waals surface area contributed by atoms with Crippen molar-refractivity contribution in [1.82, 2.24) is 0 Å². The van der Waals surface area contributed by atoms with Crippen LogP contribution in [0.2, 0.25) is 0 Å². The van der Waals surface area contributed by atoms with Gasteiger partial charge in [-0.25, -0.2) is 0 Å². The van der Waals surface area contributed by atoms with E-state index in [9.17, 15) is 0 Å². The lowest BCUT2D eigenvalue weighted by molar-refractivity contribution is -0.129. The highest BCUT2D eigenvalue weighted by atomic mass is 16.7. The molecule has 1 heterocycles. The van der Waals surface area contributed by atoms with Crippen molar-refractivity contribution in [2.45, 2.75) is 26.6 Å². The van der Waals surface area contributed by atoms with Gasteiger partial charge in [0.2, 0.25) is 0 Å². The van der Waals surface area contributed by atoms with Gasteiger partial charge < -0.3 is 19.1 Å². The van der Waals surface area contributed by atoms with Gasteiger partial charge >= 0.3 is 0 Å². The molecule has 1 aliphatic rings. The lowest BCUT2D eigenvalue weighted by atomic mass is 10.2. The summed E-state index contributed by atoms with van der Waals surface area (Å²) in [6, 6.07) is 8.15. The maximum Gasteiger partial charge on any atom is 0.174 e. The maximum atomic E-state index is 5.76. The molecule has 4 nitrogen and oxygen atoms in total. The quantitative estimate of drug-likeness (QED) is 0.740. The van der Waals surface area contributed by atoms with Crippen LogP contribution >= 0.6 is 0 Å². The number of anilines is 1. The molecular weight excluding hydrogens is 242 g/mol. The van der Waals surface area contributed by atoms with Gasteiger partial charge in [0, 0.05) is 19.8 Å². The highest BCUT2D eigenvalue weighted by Crippen LogP contribution is 2.30. The average Bonchev–Trinajstić information content (AvgIpc) is 2.62. The standard InChI is InChI=1S/C15H23NO3/c1-3-17-15(18-4-2)12-16-10-7-11-19-14-9-6-5-8-13(14)16/h5-6,8-9,15H,3-4,7,10-12H2,1-2H3. The Morgan fingerprint density at radius 2 is 1.95 bits per heavy atom. The van der Waals surface area contributed by atoms with Gasteiger partial charge in [-0.05, 0) is 32.4 Å². The van der Waals surface area contributed by atoms with E-state index < -0.39 is 0 Å². The normalized spacial score (nSPS) is 15.0. The van der Waals surface area contributed by atoms with E-state index in [2.05, 4.69) is 11.0 Å². The van der Waals surface area contributed by atoms with Crippen LogP contribution < -0.4 is 9.64 Å². The van der Waals surface area contributed by atoms with Crippen LogP contribution in [0.1, 0.15) is 20.3 Å². The summed E-state index contributed by atoms with van der Waals surface area (Å²) in [5.41, 5.74) is 1.13. The van der Waals surface area contributed by atoms with Gasteiger partial charge in [0.15, 0.2) is 6.29 Å². The zero-order chi connectivity index (χ0) is 13.5. The van der Waals surface area contributed by atoms with E-state index in [1.54, 1.807) is 0 Å². The molecule has 0 amide bonds. The highest BCUT2D eigenvalue weighted by Gasteiger charge is 2.20. The second-order valence-corrected chi connectivity index (χ2v) is 4.46. The second-order valence-electron chi connectivity index (χ2n) is 4.46. The molecule has 0 radical (unpaired) electrons. The summed E-state index contributed by atoms with van der Waals surface area (Å²) in [4.78, 5) is 2.29. The van der Waals surface area contributed by atoms with Crippen LogP contribution in [0, 0.1) is 0 Å². The Labute approximate surface area is 115 Å². The first-order valence-corrected chi connectivity index (χ1v) is 7.05. The molecule has 0 bridgehead atoms. The molecule has 0 atom stereocenters. The van der Waals surface area contributed by atoms with Gasteiger partial charge in [0.1, 0.15) is 5.75 Å². The summed E-state index contributed by atoms with van der Waals surface area (Å²) >= 11 is 0. The van der Waals surface area contributed by atoms with Crippen LogP contribution in [0.4, 0.5) is 5.69 Å². The zero-order valence-electron chi connectivity index (χ0n) is 11.8. The number of hydrogen-bond acceptors (Lipinski definition) is 4. The number of fused-ring (bicyclic) bond motifs is 1. The molecule has 0 N–H and O–H groups in total. The van der Waals surface area contributed by atoms with Crippen molar-refractivity contribution in [2.75, 3.05) is 37.8 Å². The monoisotopic (exact) mass is 265 g/mol. The fourth-order valence-corrected chi connectivity index (χ4v) is 2.29. The molecule has 0 saturated heterocycles. The molecule has 4 heteroatoms.